The van der Waals surface area contributed by atoms with E-state index in [-0.39, 0.29) is 19.2 Å². The van der Waals surface area contributed by atoms with Gasteiger partial charge in [0.15, 0.2) is 16.6 Å². The first-order chi connectivity index (χ1) is 14.6. The second-order valence-corrected chi connectivity index (χ2v) is 8.26. The Balaban J connectivity index is 1.30. The summed E-state index contributed by atoms with van der Waals surface area (Å²) in [6.07, 6.45) is 0.723. The zero-order valence-electron chi connectivity index (χ0n) is 16.6. The highest BCUT2D eigenvalue weighted by Crippen LogP contribution is 2.34. The van der Waals surface area contributed by atoms with Crippen molar-refractivity contribution in [2.45, 2.75) is 26.8 Å². The lowest BCUT2D eigenvalue weighted by atomic mass is 10.1. The van der Waals surface area contributed by atoms with Gasteiger partial charge in [-0.15, -0.1) is 11.3 Å². The number of ether oxygens (including phenoxy) is 2. The van der Waals surface area contributed by atoms with E-state index in [0.717, 1.165) is 50.9 Å². The van der Waals surface area contributed by atoms with Crippen LogP contribution < -0.4 is 14.8 Å². The third-order valence-corrected chi connectivity index (χ3v) is 6.16. The Bertz CT molecular complexity index is 1260. The second-order valence-electron chi connectivity index (χ2n) is 7.17. The number of nitrogens with zero attached hydrogens (tertiary/aromatic N) is 3. The van der Waals surface area contributed by atoms with Crippen LogP contribution in [0.4, 0.5) is 5.13 Å². The first kappa shape index (κ1) is 18.6. The second kappa shape index (κ2) is 7.46. The Kier molecular flexibility index (Phi) is 4.63. The number of rotatable bonds is 5. The molecule has 1 aliphatic heterocycles. The number of hydrogen-bond donors (Lipinski definition) is 1. The minimum atomic E-state index is -0.121. The highest BCUT2D eigenvalue weighted by atomic mass is 32.1. The lowest BCUT2D eigenvalue weighted by Gasteiger charge is -2.06. The number of benzene rings is 2. The summed E-state index contributed by atoms with van der Waals surface area (Å²) in [5.41, 5.74) is 3.87. The third kappa shape index (κ3) is 3.50. The lowest BCUT2D eigenvalue weighted by molar-refractivity contribution is -0.116. The predicted molar refractivity (Wildman–Crippen MR) is 115 cm³/mol. The molecule has 2 aromatic carbocycles. The zero-order chi connectivity index (χ0) is 20.7. The summed E-state index contributed by atoms with van der Waals surface area (Å²) in [7, 11) is 0. The standard InChI is InChI=1S/C22H20N4O3S/c1-13-20(10-15-7-8-18-19(9-15)29-12-28-18)30-22(23-13)25-21(27)11-26-14(2)24-16-5-3-4-6-17(16)26/h3-9H,10-12H2,1-2H3,(H,23,25,27). The quantitative estimate of drug-likeness (QED) is 0.527. The molecule has 0 atom stereocenters. The van der Waals surface area contributed by atoms with Gasteiger partial charge in [0.1, 0.15) is 12.4 Å². The van der Waals surface area contributed by atoms with Crippen LogP contribution in [0.5, 0.6) is 11.5 Å². The van der Waals surface area contributed by atoms with Crippen molar-refractivity contribution in [2.24, 2.45) is 0 Å². The molecule has 5 rings (SSSR count). The summed E-state index contributed by atoms with van der Waals surface area (Å²) >= 11 is 1.50. The lowest BCUT2D eigenvalue weighted by Crippen LogP contribution is -2.19. The number of hydrogen-bond acceptors (Lipinski definition) is 6. The van der Waals surface area contributed by atoms with E-state index < -0.39 is 0 Å². The molecule has 0 unspecified atom stereocenters. The molecule has 8 heteroatoms. The van der Waals surface area contributed by atoms with Crippen molar-refractivity contribution in [3.05, 3.63) is 64.4 Å². The van der Waals surface area contributed by atoms with E-state index in [2.05, 4.69) is 15.3 Å². The van der Waals surface area contributed by atoms with Gasteiger partial charge in [-0.3, -0.25) is 4.79 Å². The van der Waals surface area contributed by atoms with Crippen molar-refractivity contribution in [2.75, 3.05) is 12.1 Å². The summed E-state index contributed by atoms with van der Waals surface area (Å²) in [5, 5.41) is 3.54. The first-order valence-electron chi connectivity index (χ1n) is 9.63. The largest absolute Gasteiger partial charge is 0.454 e. The van der Waals surface area contributed by atoms with Crippen molar-refractivity contribution in [1.82, 2.24) is 14.5 Å². The molecule has 0 saturated heterocycles. The van der Waals surface area contributed by atoms with Crippen molar-refractivity contribution in [3.8, 4) is 11.5 Å². The normalized spacial score (nSPS) is 12.5. The molecule has 4 aromatic rings. The Morgan fingerprint density at radius 2 is 1.97 bits per heavy atom. The number of para-hydroxylation sites is 2. The topological polar surface area (TPSA) is 78.3 Å². The average molecular weight is 420 g/mol. The van der Waals surface area contributed by atoms with Crippen LogP contribution in [0, 0.1) is 13.8 Å². The van der Waals surface area contributed by atoms with Crippen LogP contribution in [0.15, 0.2) is 42.5 Å². The number of anilines is 1. The van der Waals surface area contributed by atoms with Crippen LogP contribution in [0.1, 0.15) is 22.0 Å². The number of aromatic nitrogens is 3. The molecule has 1 N–H and O–H groups in total. The molecule has 1 amide bonds. The molecule has 0 spiro atoms. The molecular weight excluding hydrogens is 400 g/mol. The summed E-state index contributed by atoms with van der Waals surface area (Å²) in [4.78, 5) is 22.8. The van der Waals surface area contributed by atoms with E-state index in [1.165, 1.54) is 11.3 Å². The molecular formula is C22H20N4O3S. The van der Waals surface area contributed by atoms with E-state index in [0.29, 0.717) is 5.13 Å². The maximum Gasteiger partial charge on any atom is 0.246 e. The van der Waals surface area contributed by atoms with Crippen LogP contribution in [0.25, 0.3) is 11.0 Å². The fraction of sp³-hybridized carbons (Fsp3) is 0.227. The molecule has 30 heavy (non-hydrogen) atoms. The Hall–Kier alpha value is -3.39. The van der Waals surface area contributed by atoms with Gasteiger partial charge in [0.2, 0.25) is 12.7 Å². The average Bonchev–Trinajstić information content (AvgIpc) is 3.40. The number of carbonyl (C=O) groups is 1. The summed E-state index contributed by atoms with van der Waals surface area (Å²) < 4.78 is 12.7. The van der Waals surface area contributed by atoms with E-state index in [4.69, 9.17) is 9.47 Å². The molecule has 0 aliphatic carbocycles. The van der Waals surface area contributed by atoms with Crippen molar-refractivity contribution < 1.29 is 14.3 Å². The number of aryl methyl sites for hydroxylation is 2. The number of imidazole rings is 1. The maximum absolute atomic E-state index is 12.7. The van der Waals surface area contributed by atoms with Gasteiger partial charge in [-0.05, 0) is 43.7 Å². The van der Waals surface area contributed by atoms with E-state index in [1.54, 1.807) is 0 Å². The highest BCUT2D eigenvalue weighted by Gasteiger charge is 2.16. The van der Waals surface area contributed by atoms with Gasteiger partial charge in [0.05, 0.1) is 16.7 Å². The maximum atomic E-state index is 12.7. The number of amides is 1. The monoisotopic (exact) mass is 420 g/mol. The Labute approximate surface area is 177 Å². The number of carbonyl (C=O) groups excluding carboxylic acids is 1. The molecule has 1 aliphatic rings. The predicted octanol–water partition coefficient (Wildman–Crippen LogP) is 4.07. The Morgan fingerprint density at radius 3 is 2.87 bits per heavy atom. The molecule has 0 bridgehead atoms. The van der Waals surface area contributed by atoms with Crippen LogP contribution in [0.2, 0.25) is 0 Å². The number of thiazole rings is 1. The van der Waals surface area contributed by atoms with Gasteiger partial charge >= 0.3 is 0 Å². The van der Waals surface area contributed by atoms with Gasteiger partial charge in [-0.2, -0.15) is 0 Å². The van der Waals surface area contributed by atoms with E-state index in [9.17, 15) is 4.79 Å². The highest BCUT2D eigenvalue weighted by molar-refractivity contribution is 7.15. The first-order valence-corrected chi connectivity index (χ1v) is 10.4. The van der Waals surface area contributed by atoms with Crippen LogP contribution in [-0.2, 0) is 17.8 Å². The molecule has 0 fully saturated rings. The third-order valence-electron chi connectivity index (χ3n) is 5.09. The molecule has 152 valence electrons. The van der Waals surface area contributed by atoms with Crippen LogP contribution in [0.3, 0.4) is 0 Å². The van der Waals surface area contributed by atoms with E-state index >= 15 is 0 Å². The van der Waals surface area contributed by atoms with E-state index in [1.807, 2.05) is 60.9 Å². The molecule has 0 saturated carbocycles. The zero-order valence-corrected chi connectivity index (χ0v) is 17.5. The Morgan fingerprint density at radius 1 is 1.13 bits per heavy atom. The smallest absolute Gasteiger partial charge is 0.246 e. The fourth-order valence-electron chi connectivity index (χ4n) is 3.58. The van der Waals surface area contributed by atoms with Gasteiger partial charge in [0.25, 0.3) is 0 Å². The number of nitrogens with one attached hydrogen (secondary N) is 1. The fourth-order valence-corrected chi connectivity index (χ4v) is 4.59. The van der Waals surface area contributed by atoms with Gasteiger partial charge in [0, 0.05) is 11.3 Å². The van der Waals surface area contributed by atoms with Crippen molar-refractivity contribution in [1.29, 1.82) is 0 Å². The minimum absolute atomic E-state index is 0.121. The molecule has 3 heterocycles. The summed E-state index contributed by atoms with van der Waals surface area (Å²) in [5.74, 6) is 2.23. The van der Waals surface area contributed by atoms with Crippen LogP contribution >= 0.6 is 11.3 Å². The van der Waals surface area contributed by atoms with Gasteiger partial charge < -0.3 is 19.4 Å². The van der Waals surface area contributed by atoms with Gasteiger partial charge in [-0.1, -0.05) is 18.2 Å². The van der Waals surface area contributed by atoms with Crippen LogP contribution in [-0.4, -0.2) is 27.2 Å². The van der Waals surface area contributed by atoms with Crippen molar-refractivity contribution >= 4 is 33.4 Å². The summed E-state index contributed by atoms with van der Waals surface area (Å²) in [6.45, 7) is 4.33. The van der Waals surface area contributed by atoms with Gasteiger partial charge in [-0.25, -0.2) is 9.97 Å². The summed E-state index contributed by atoms with van der Waals surface area (Å²) in [6, 6.07) is 13.8. The SMILES string of the molecule is Cc1nc(NC(=O)Cn2c(C)nc3ccccc32)sc1Cc1ccc2c(c1)OCO2. The number of fused-ring (bicyclic) bond motifs is 2. The molecule has 2 aromatic heterocycles. The van der Waals surface area contributed by atoms with Crippen molar-refractivity contribution in [3.63, 3.8) is 0 Å². The molecule has 7 nitrogen and oxygen atoms in total. The molecule has 0 radical (unpaired) electrons. The minimum Gasteiger partial charge on any atom is -0.454 e.